The number of benzene rings is 1. The van der Waals surface area contributed by atoms with Gasteiger partial charge in [0.25, 0.3) is 0 Å². The first kappa shape index (κ1) is 15.5. The number of ether oxygens (including phenoxy) is 1. The number of halogens is 2. The molecular weight excluding hydrogens is 388 g/mol. The van der Waals surface area contributed by atoms with Gasteiger partial charge in [-0.2, -0.15) is 0 Å². The van der Waals surface area contributed by atoms with Gasteiger partial charge in [0.1, 0.15) is 12.4 Å². The maximum atomic E-state index is 5.98. The average Bonchev–Trinajstić information content (AvgIpc) is 2.90. The van der Waals surface area contributed by atoms with Gasteiger partial charge in [0.2, 0.25) is 0 Å². The van der Waals surface area contributed by atoms with E-state index >= 15 is 0 Å². The van der Waals surface area contributed by atoms with E-state index in [0.717, 1.165) is 27.5 Å². The molecule has 1 heterocycles. The van der Waals surface area contributed by atoms with Crippen LogP contribution in [0.2, 0.25) is 0 Å². The molecule has 0 aliphatic rings. The lowest BCUT2D eigenvalue weighted by Gasteiger charge is -2.13. The molecule has 1 unspecified atom stereocenters. The fourth-order valence-corrected chi connectivity index (χ4v) is 3.29. The van der Waals surface area contributed by atoms with Crippen molar-refractivity contribution in [1.29, 1.82) is 0 Å². The number of nitrogens with two attached hydrogens (primary N) is 1. The summed E-state index contributed by atoms with van der Waals surface area (Å²) in [6.45, 7) is 2.43. The minimum absolute atomic E-state index is 0.176. The molecule has 0 amide bonds. The van der Waals surface area contributed by atoms with E-state index in [0.29, 0.717) is 12.4 Å². The lowest BCUT2D eigenvalue weighted by molar-refractivity contribution is 0.247. The van der Waals surface area contributed by atoms with Gasteiger partial charge in [-0.05, 0) is 62.4 Å². The zero-order chi connectivity index (χ0) is 14.5. The smallest absolute Gasteiger partial charge is 0.174 e. The number of rotatable bonds is 6. The van der Waals surface area contributed by atoms with Gasteiger partial charge in [-0.25, -0.2) is 0 Å². The van der Waals surface area contributed by atoms with Crippen molar-refractivity contribution in [2.24, 2.45) is 5.73 Å². The summed E-state index contributed by atoms with van der Waals surface area (Å²) in [6, 6.07) is 6.03. The van der Waals surface area contributed by atoms with Crippen molar-refractivity contribution < 1.29 is 9.26 Å². The number of aromatic nitrogens is 1. The highest BCUT2D eigenvalue weighted by Gasteiger charge is 2.11. The van der Waals surface area contributed by atoms with Gasteiger partial charge >= 0.3 is 0 Å². The average molecular weight is 404 g/mol. The van der Waals surface area contributed by atoms with Crippen molar-refractivity contribution in [1.82, 2.24) is 5.16 Å². The van der Waals surface area contributed by atoms with E-state index in [1.165, 1.54) is 5.56 Å². The van der Waals surface area contributed by atoms with Crippen LogP contribution in [0.25, 0.3) is 0 Å². The van der Waals surface area contributed by atoms with Gasteiger partial charge in [-0.15, -0.1) is 0 Å². The van der Waals surface area contributed by atoms with Crippen LogP contribution < -0.4 is 10.5 Å². The molecule has 0 bridgehead atoms. The summed E-state index contributed by atoms with van der Waals surface area (Å²) in [7, 11) is 0. The number of hydrogen-bond donors (Lipinski definition) is 1. The summed E-state index contributed by atoms with van der Waals surface area (Å²) in [6.07, 6.45) is 3.40. The molecule has 0 saturated carbocycles. The first-order valence-corrected chi connectivity index (χ1v) is 7.94. The molecule has 20 heavy (non-hydrogen) atoms. The molecule has 2 aromatic rings. The number of hydrogen-bond acceptors (Lipinski definition) is 4. The van der Waals surface area contributed by atoms with Crippen molar-refractivity contribution in [3.8, 4) is 5.75 Å². The Labute approximate surface area is 134 Å². The van der Waals surface area contributed by atoms with Gasteiger partial charge < -0.3 is 15.0 Å². The summed E-state index contributed by atoms with van der Waals surface area (Å²) in [4.78, 5) is 0. The second-order valence-corrected chi connectivity index (χ2v) is 6.24. The van der Waals surface area contributed by atoms with Crippen molar-refractivity contribution in [2.45, 2.75) is 32.4 Å². The zero-order valence-corrected chi connectivity index (χ0v) is 14.3. The predicted octanol–water partition coefficient (Wildman–Crippen LogP) is 4.06. The Balaban J connectivity index is 2.10. The Morgan fingerprint density at radius 3 is 2.60 bits per heavy atom. The van der Waals surface area contributed by atoms with Gasteiger partial charge in [0, 0.05) is 12.1 Å². The van der Waals surface area contributed by atoms with Crippen molar-refractivity contribution in [3.63, 3.8) is 0 Å². The maximum Gasteiger partial charge on any atom is 0.174 e. The molecule has 2 N–H and O–H groups in total. The van der Waals surface area contributed by atoms with Crippen LogP contribution in [0.5, 0.6) is 5.75 Å². The van der Waals surface area contributed by atoms with Crippen LogP contribution in [-0.2, 0) is 13.0 Å². The van der Waals surface area contributed by atoms with Gasteiger partial charge in [0.05, 0.1) is 15.1 Å². The summed E-state index contributed by atoms with van der Waals surface area (Å²) in [5, 5.41) is 3.64. The van der Waals surface area contributed by atoms with E-state index in [1.807, 2.05) is 12.1 Å². The molecular formula is C14H16Br2N2O2. The molecule has 0 spiro atoms. The topological polar surface area (TPSA) is 61.3 Å². The Bertz CT molecular complexity index is 535. The Morgan fingerprint density at radius 1 is 1.35 bits per heavy atom. The van der Waals surface area contributed by atoms with Crippen LogP contribution >= 0.6 is 31.9 Å². The fraction of sp³-hybridized carbons (Fsp3) is 0.357. The normalized spacial score (nSPS) is 12.4. The Hall–Kier alpha value is -0.850. The molecule has 4 nitrogen and oxygen atoms in total. The molecule has 1 aromatic carbocycles. The fourth-order valence-electron chi connectivity index (χ4n) is 1.78. The highest BCUT2D eigenvalue weighted by atomic mass is 79.9. The van der Waals surface area contributed by atoms with Gasteiger partial charge in [-0.1, -0.05) is 12.1 Å². The summed E-state index contributed by atoms with van der Waals surface area (Å²) in [5.74, 6) is 1.43. The standard InChI is InChI=1S/C14H16Br2N2O2/c1-2-10(17)5-9-6-12(15)14(13(16)7-9)19-8-11-3-4-18-20-11/h3-4,6-7,10H,2,5,8,17H2,1H3. The van der Waals surface area contributed by atoms with Crippen LogP contribution in [0, 0.1) is 0 Å². The zero-order valence-electron chi connectivity index (χ0n) is 11.1. The summed E-state index contributed by atoms with van der Waals surface area (Å²) >= 11 is 7.06. The Kier molecular flexibility index (Phi) is 5.63. The van der Waals surface area contributed by atoms with E-state index < -0.39 is 0 Å². The second kappa shape index (κ2) is 7.24. The third-order valence-corrected chi connectivity index (χ3v) is 4.11. The lowest BCUT2D eigenvalue weighted by atomic mass is 10.0. The third kappa shape index (κ3) is 4.07. The monoisotopic (exact) mass is 402 g/mol. The second-order valence-electron chi connectivity index (χ2n) is 4.53. The first-order chi connectivity index (χ1) is 9.60. The van der Waals surface area contributed by atoms with Crippen LogP contribution in [0.15, 0.2) is 37.9 Å². The van der Waals surface area contributed by atoms with E-state index in [9.17, 15) is 0 Å². The third-order valence-electron chi connectivity index (χ3n) is 2.93. The van der Waals surface area contributed by atoms with Crippen molar-refractivity contribution in [3.05, 3.63) is 44.7 Å². The van der Waals surface area contributed by atoms with E-state index in [1.54, 1.807) is 12.3 Å². The van der Waals surface area contributed by atoms with Crippen molar-refractivity contribution >= 4 is 31.9 Å². The molecule has 1 atom stereocenters. The maximum absolute atomic E-state index is 5.98. The van der Waals surface area contributed by atoms with Crippen LogP contribution in [0.1, 0.15) is 24.7 Å². The number of nitrogens with zero attached hydrogens (tertiary/aromatic N) is 1. The van der Waals surface area contributed by atoms with Gasteiger partial charge in [0.15, 0.2) is 5.76 Å². The largest absolute Gasteiger partial charge is 0.483 e. The molecule has 0 radical (unpaired) electrons. The van der Waals surface area contributed by atoms with E-state index in [4.69, 9.17) is 15.0 Å². The van der Waals surface area contributed by atoms with Crippen LogP contribution in [0.3, 0.4) is 0 Å². The summed E-state index contributed by atoms with van der Waals surface area (Å²) in [5.41, 5.74) is 7.16. The van der Waals surface area contributed by atoms with E-state index in [2.05, 4.69) is 43.9 Å². The molecule has 0 aliphatic heterocycles. The minimum atomic E-state index is 0.176. The lowest BCUT2D eigenvalue weighted by Crippen LogP contribution is -2.21. The highest BCUT2D eigenvalue weighted by molar-refractivity contribution is 9.11. The first-order valence-electron chi connectivity index (χ1n) is 6.36. The van der Waals surface area contributed by atoms with Crippen LogP contribution in [-0.4, -0.2) is 11.2 Å². The van der Waals surface area contributed by atoms with Crippen LogP contribution in [0.4, 0.5) is 0 Å². The SMILES string of the molecule is CCC(N)Cc1cc(Br)c(OCc2ccno2)c(Br)c1. The summed E-state index contributed by atoms with van der Waals surface area (Å²) < 4.78 is 12.5. The molecule has 2 rings (SSSR count). The molecule has 1 aromatic heterocycles. The predicted molar refractivity (Wildman–Crippen MR) is 84.6 cm³/mol. The molecule has 0 saturated heterocycles. The van der Waals surface area contributed by atoms with Gasteiger partial charge in [-0.3, -0.25) is 0 Å². The van der Waals surface area contributed by atoms with E-state index in [-0.39, 0.29) is 6.04 Å². The highest BCUT2D eigenvalue weighted by Crippen LogP contribution is 2.35. The molecule has 108 valence electrons. The Morgan fingerprint density at radius 2 is 2.05 bits per heavy atom. The van der Waals surface area contributed by atoms with Crippen molar-refractivity contribution in [2.75, 3.05) is 0 Å². The molecule has 0 aliphatic carbocycles. The quantitative estimate of drug-likeness (QED) is 0.789. The molecule has 6 heteroatoms. The molecule has 0 fully saturated rings. The minimum Gasteiger partial charge on any atom is -0.483 e.